The van der Waals surface area contributed by atoms with Crippen LogP contribution >= 0.6 is 0 Å². The van der Waals surface area contributed by atoms with Gasteiger partial charge in [0, 0.05) is 31.9 Å². The Morgan fingerprint density at radius 1 is 0.852 bits per heavy atom. The van der Waals surface area contributed by atoms with Gasteiger partial charge in [-0.05, 0) is 54.2 Å². The summed E-state index contributed by atoms with van der Waals surface area (Å²) in [7, 11) is -3.44. The van der Waals surface area contributed by atoms with Gasteiger partial charge in [0.05, 0.1) is 4.90 Å². The molecule has 0 unspecified atom stereocenters. The van der Waals surface area contributed by atoms with Gasteiger partial charge < -0.3 is 4.90 Å². The first-order valence-electron chi connectivity index (χ1n) is 9.52. The molecule has 1 heterocycles. The van der Waals surface area contributed by atoms with Gasteiger partial charge in [-0.3, -0.25) is 0 Å². The molecular weight excluding hydrogens is 356 g/mol. The first kappa shape index (κ1) is 19.9. The molecule has 5 heteroatoms. The lowest BCUT2D eigenvalue weighted by Gasteiger charge is -2.36. The van der Waals surface area contributed by atoms with Crippen molar-refractivity contribution in [1.29, 1.82) is 0 Å². The molecule has 27 heavy (non-hydrogen) atoms. The van der Waals surface area contributed by atoms with Crippen molar-refractivity contribution in [2.75, 3.05) is 31.1 Å². The van der Waals surface area contributed by atoms with Gasteiger partial charge in [-0.1, -0.05) is 45.0 Å². The largest absolute Gasteiger partial charge is 0.369 e. The summed E-state index contributed by atoms with van der Waals surface area (Å²) < 4.78 is 27.7. The van der Waals surface area contributed by atoms with Crippen LogP contribution in [0.1, 0.15) is 37.5 Å². The van der Waals surface area contributed by atoms with Crippen molar-refractivity contribution in [2.45, 2.75) is 44.9 Å². The first-order chi connectivity index (χ1) is 12.6. The maximum absolute atomic E-state index is 13.0. The van der Waals surface area contributed by atoms with Crippen LogP contribution in [0.25, 0.3) is 0 Å². The van der Waals surface area contributed by atoms with E-state index in [4.69, 9.17) is 0 Å². The highest BCUT2D eigenvalue weighted by Crippen LogP contribution is 2.27. The molecule has 0 N–H and O–H groups in total. The number of aryl methyl sites for hydroxylation is 1. The van der Waals surface area contributed by atoms with Crippen molar-refractivity contribution >= 4 is 15.7 Å². The number of piperazine rings is 1. The third-order valence-corrected chi connectivity index (χ3v) is 7.43. The lowest BCUT2D eigenvalue weighted by atomic mass is 9.87. The molecule has 3 rings (SSSR count). The Morgan fingerprint density at radius 3 is 2.00 bits per heavy atom. The number of hydrogen-bond acceptors (Lipinski definition) is 3. The molecule has 0 radical (unpaired) electrons. The number of nitrogens with zero attached hydrogens (tertiary/aromatic N) is 2. The average molecular weight is 387 g/mol. The SMILES string of the molecule is Cc1cccc(N2CCN(S(=O)(=O)c3ccc(C(C)(C)C)cc3)CC2)c1C. The van der Waals surface area contributed by atoms with E-state index in [1.807, 2.05) is 12.1 Å². The highest BCUT2D eigenvalue weighted by molar-refractivity contribution is 7.89. The minimum Gasteiger partial charge on any atom is -0.369 e. The van der Waals surface area contributed by atoms with Gasteiger partial charge in [0.25, 0.3) is 0 Å². The average Bonchev–Trinajstić information content (AvgIpc) is 2.63. The van der Waals surface area contributed by atoms with E-state index in [1.165, 1.54) is 16.8 Å². The van der Waals surface area contributed by atoms with E-state index in [-0.39, 0.29) is 5.41 Å². The van der Waals surface area contributed by atoms with Gasteiger partial charge in [-0.25, -0.2) is 8.42 Å². The molecule has 1 saturated heterocycles. The van der Waals surface area contributed by atoms with Gasteiger partial charge in [-0.15, -0.1) is 0 Å². The molecule has 1 fully saturated rings. The van der Waals surface area contributed by atoms with Crippen LogP contribution in [0.4, 0.5) is 5.69 Å². The summed E-state index contributed by atoms with van der Waals surface area (Å²) in [5.41, 5.74) is 4.90. The Morgan fingerprint density at radius 2 is 1.44 bits per heavy atom. The molecule has 0 atom stereocenters. The fourth-order valence-corrected chi connectivity index (χ4v) is 4.95. The number of hydrogen-bond donors (Lipinski definition) is 0. The predicted molar refractivity (Wildman–Crippen MR) is 112 cm³/mol. The van der Waals surface area contributed by atoms with E-state index in [1.54, 1.807) is 16.4 Å². The van der Waals surface area contributed by atoms with E-state index in [9.17, 15) is 8.42 Å². The summed E-state index contributed by atoms with van der Waals surface area (Å²) >= 11 is 0. The molecular formula is C22H30N2O2S. The third-order valence-electron chi connectivity index (χ3n) is 5.51. The first-order valence-corrected chi connectivity index (χ1v) is 11.0. The molecule has 4 nitrogen and oxygen atoms in total. The number of anilines is 1. The standard InChI is InChI=1S/C22H30N2O2S/c1-17-7-6-8-21(18(17)2)23-13-15-24(16-14-23)27(25,26)20-11-9-19(10-12-20)22(3,4)5/h6-12H,13-16H2,1-5H3. The van der Waals surface area contributed by atoms with Gasteiger partial charge in [0.2, 0.25) is 10.0 Å². The molecule has 0 aromatic heterocycles. The van der Waals surface area contributed by atoms with Crippen LogP contribution in [-0.2, 0) is 15.4 Å². The van der Waals surface area contributed by atoms with Gasteiger partial charge in [0.15, 0.2) is 0 Å². The Kier molecular flexibility index (Phi) is 5.37. The Hall–Kier alpha value is -1.85. The normalized spacial score (nSPS) is 16.6. The zero-order valence-electron chi connectivity index (χ0n) is 17.0. The summed E-state index contributed by atoms with van der Waals surface area (Å²) in [5.74, 6) is 0. The van der Waals surface area contributed by atoms with E-state index in [0.717, 1.165) is 5.56 Å². The summed E-state index contributed by atoms with van der Waals surface area (Å²) in [6.07, 6.45) is 0. The Labute approximate surface area is 163 Å². The highest BCUT2D eigenvalue weighted by atomic mass is 32.2. The zero-order chi connectivity index (χ0) is 19.8. The van der Waals surface area contributed by atoms with Crippen LogP contribution in [0, 0.1) is 13.8 Å². The molecule has 0 amide bonds. The van der Waals surface area contributed by atoms with Crippen molar-refractivity contribution in [3.05, 3.63) is 59.2 Å². The smallest absolute Gasteiger partial charge is 0.243 e. The summed E-state index contributed by atoms with van der Waals surface area (Å²) in [6, 6.07) is 13.6. The minimum absolute atomic E-state index is 0.0135. The molecule has 0 saturated carbocycles. The number of rotatable bonds is 3. The Balaban J connectivity index is 1.74. The van der Waals surface area contributed by atoms with Crippen molar-refractivity contribution in [2.24, 2.45) is 0 Å². The molecule has 1 aliphatic rings. The monoisotopic (exact) mass is 386 g/mol. The topological polar surface area (TPSA) is 40.6 Å². The van der Waals surface area contributed by atoms with Gasteiger partial charge in [-0.2, -0.15) is 4.31 Å². The van der Waals surface area contributed by atoms with E-state index in [0.29, 0.717) is 31.1 Å². The van der Waals surface area contributed by atoms with Crippen LogP contribution in [0.3, 0.4) is 0 Å². The van der Waals surface area contributed by atoms with Crippen LogP contribution in [0.2, 0.25) is 0 Å². The van der Waals surface area contributed by atoms with Crippen molar-refractivity contribution in [1.82, 2.24) is 4.31 Å². The van der Waals surface area contributed by atoms with Gasteiger partial charge >= 0.3 is 0 Å². The molecule has 0 aliphatic carbocycles. The molecule has 0 bridgehead atoms. The molecule has 146 valence electrons. The van der Waals surface area contributed by atoms with Crippen LogP contribution in [0.5, 0.6) is 0 Å². The molecule has 0 spiro atoms. The second kappa shape index (κ2) is 7.28. The van der Waals surface area contributed by atoms with Gasteiger partial charge in [0.1, 0.15) is 0 Å². The quantitative estimate of drug-likeness (QED) is 0.797. The second-order valence-corrected chi connectivity index (χ2v) is 10.3. The molecule has 1 aliphatic heterocycles. The number of benzene rings is 2. The van der Waals surface area contributed by atoms with Crippen LogP contribution in [-0.4, -0.2) is 38.9 Å². The predicted octanol–water partition coefficient (Wildman–Crippen LogP) is 4.11. The summed E-state index contributed by atoms with van der Waals surface area (Å²) in [6.45, 7) is 13.1. The fourth-order valence-electron chi connectivity index (χ4n) is 3.52. The Bertz CT molecular complexity index is 904. The molecule has 2 aromatic rings. The lowest BCUT2D eigenvalue weighted by molar-refractivity contribution is 0.384. The zero-order valence-corrected chi connectivity index (χ0v) is 17.8. The van der Waals surface area contributed by atoms with E-state index in [2.05, 4.69) is 57.7 Å². The van der Waals surface area contributed by atoms with Crippen LogP contribution in [0.15, 0.2) is 47.4 Å². The highest BCUT2D eigenvalue weighted by Gasteiger charge is 2.29. The summed E-state index contributed by atoms with van der Waals surface area (Å²) in [5, 5.41) is 0. The minimum atomic E-state index is -3.44. The van der Waals surface area contributed by atoms with E-state index >= 15 is 0 Å². The maximum atomic E-state index is 13.0. The van der Waals surface area contributed by atoms with E-state index < -0.39 is 10.0 Å². The summed E-state index contributed by atoms with van der Waals surface area (Å²) in [4.78, 5) is 2.67. The maximum Gasteiger partial charge on any atom is 0.243 e. The van der Waals surface area contributed by atoms with Crippen molar-refractivity contribution in [3.63, 3.8) is 0 Å². The fraction of sp³-hybridized carbons (Fsp3) is 0.455. The van der Waals surface area contributed by atoms with Crippen LogP contribution < -0.4 is 4.90 Å². The van der Waals surface area contributed by atoms with Crippen molar-refractivity contribution < 1.29 is 8.42 Å². The second-order valence-electron chi connectivity index (χ2n) is 8.38. The van der Waals surface area contributed by atoms with Crippen molar-refractivity contribution in [3.8, 4) is 0 Å². The molecule has 2 aromatic carbocycles. The lowest BCUT2D eigenvalue weighted by Crippen LogP contribution is -2.48. The third kappa shape index (κ3) is 4.04. The number of sulfonamides is 1.